The molecule has 0 bridgehead atoms. The highest BCUT2D eigenvalue weighted by Crippen LogP contribution is 2.22. The number of carbonyl (C=O) groups is 1. The number of aliphatic carboxylic acids is 1. The standard InChI is InChI=1S/C14H20N2O4S/c17-14(18)10-13-2-1-8-16(11-13)21(19,20)9-5-12-3-6-15-7-4-12/h3-4,6-7,13H,1-2,5,8-11H2,(H,17,18). The Morgan fingerprint density at radius 1 is 1.38 bits per heavy atom. The number of carboxylic acids is 1. The Morgan fingerprint density at radius 2 is 2.10 bits per heavy atom. The summed E-state index contributed by atoms with van der Waals surface area (Å²) in [7, 11) is -3.33. The van der Waals surface area contributed by atoms with E-state index < -0.39 is 16.0 Å². The van der Waals surface area contributed by atoms with Gasteiger partial charge in [0.15, 0.2) is 0 Å². The van der Waals surface area contributed by atoms with Gasteiger partial charge in [-0.25, -0.2) is 12.7 Å². The predicted octanol–water partition coefficient (Wildman–Crippen LogP) is 1.14. The van der Waals surface area contributed by atoms with Gasteiger partial charge in [0.2, 0.25) is 10.0 Å². The minimum atomic E-state index is -3.33. The van der Waals surface area contributed by atoms with Crippen LogP contribution in [0.4, 0.5) is 0 Å². The molecule has 1 aromatic heterocycles. The minimum Gasteiger partial charge on any atom is -0.481 e. The summed E-state index contributed by atoms with van der Waals surface area (Å²) in [4.78, 5) is 14.7. The van der Waals surface area contributed by atoms with Crippen molar-refractivity contribution in [3.8, 4) is 0 Å². The Morgan fingerprint density at radius 3 is 2.76 bits per heavy atom. The van der Waals surface area contributed by atoms with Crippen molar-refractivity contribution < 1.29 is 18.3 Å². The summed E-state index contributed by atoms with van der Waals surface area (Å²) >= 11 is 0. The van der Waals surface area contributed by atoms with E-state index in [1.54, 1.807) is 24.5 Å². The second-order valence-electron chi connectivity index (χ2n) is 5.39. The normalized spacial score (nSPS) is 20.3. The molecule has 1 aliphatic rings. The van der Waals surface area contributed by atoms with Crippen LogP contribution >= 0.6 is 0 Å². The molecule has 1 aromatic rings. The van der Waals surface area contributed by atoms with E-state index in [0.717, 1.165) is 18.4 Å². The summed E-state index contributed by atoms with van der Waals surface area (Å²) in [6.45, 7) is 0.819. The van der Waals surface area contributed by atoms with Gasteiger partial charge < -0.3 is 5.11 Å². The Bertz CT molecular complexity index is 574. The van der Waals surface area contributed by atoms with Crippen LogP contribution in [0.25, 0.3) is 0 Å². The van der Waals surface area contributed by atoms with Gasteiger partial charge >= 0.3 is 5.97 Å². The molecule has 0 amide bonds. The first-order chi connectivity index (χ1) is 9.97. The van der Waals surface area contributed by atoms with E-state index in [1.807, 2.05) is 0 Å². The third kappa shape index (κ3) is 4.78. The third-order valence-electron chi connectivity index (χ3n) is 3.74. The summed E-state index contributed by atoms with van der Waals surface area (Å²) in [5, 5.41) is 8.83. The van der Waals surface area contributed by atoms with Gasteiger partial charge in [0, 0.05) is 31.9 Å². The number of sulfonamides is 1. The average molecular weight is 312 g/mol. The van der Waals surface area contributed by atoms with Crippen LogP contribution in [0.3, 0.4) is 0 Å². The highest BCUT2D eigenvalue weighted by Gasteiger charge is 2.29. The van der Waals surface area contributed by atoms with Crippen molar-refractivity contribution in [2.45, 2.75) is 25.7 Å². The van der Waals surface area contributed by atoms with E-state index in [1.165, 1.54) is 4.31 Å². The number of rotatable bonds is 6. The van der Waals surface area contributed by atoms with Crippen LogP contribution in [0.15, 0.2) is 24.5 Å². The number of piperidine rings is 1. The first kappa shape index (κ1) is 15.9. The van der Waals surface area contributed by atoms with Crippen molar-refractivity contribution >= 4 is 16.0 Å². The second-order valence-corrected chi connectivity index (χ2v) is 7.47. The van der Waals surface area contributed by atoms with Gasteiger partial charge in [-0.1, -0.05) is 0 Å². The zero-order chi connectivity index (χ0) is 15.3. The molecule has 1 saturated heterocycles. The largest absolute Gasteiger partial charge is 0.481 e. The maximum absolute atomic E-state index is 12.4. The average Bonchev–Trinajstić information content (AvgIpc) is 2.46. The van der Waals surface area contributed by atoms with Gasteiger partial charge in [0.05, 0.1) is 5.75 Å². The molecule has 0 radical (unpaired) electrons. The molecule has 6 nitrogen and oxygen atoms in total. The minimum absolute atomic E-state index is 0.0381. The van der Waals surface area contributed by atoms with Crippen LogP contribution in [-0.2, 0) is 21.2 Å². The molecular weight excluding hydrogens is 292 g/mol. The molecule has 116 valence electrons. The Labute approximate surface area is 124 Å². The maximum Gasteiger partial charge on any atom is 0.303 e. The van der Waals surface area contributed by atoms with Gasteiger partial charge in [-0.15, -0.1) is 0 Å². The van der Waals surface area contributed by atoms with E-state index in [-0.39, 0.29) is 18.1 Å². The SMILES string of the molecule is O=C(O)CC1CCCN(S(=O)(=O)CCc2ccncc2)C1. The zero-order valence-electron chi connectivity index (χ0n) is 11.8. The maximum atomic E-state index is 12.4. The van der Waals surface area contributed by atoms with Crippen LogP contribution in [0.1, 0.15) is 24.8 Å². The van der Waals surface area contributed by atoms with Crippen molar-refractivity contribution in [1.82, 2.24) is 9.29 Å². The van der Waals surface area contributed by atoms with Crippen molar-refractivity contribution in [3.05, 3.63) is 30.1 Å². The fourth-order valence-electron chi connectivity index (χ4n) is 2.62. The monoisotopic (exact) mass is 312 g/mol. The topological polar surface area (TPSA) is 87.6 Å². The molecule has 1 atom stereocenters. The Balaban J connectivity index is 1.93. The molecule has 0 spiro atoms. The molecule has 2 rings (SSSR count). The van der Waals surface area contributed by atoms with Gasteiger partial charge in [-0.2, -0.15) is 0 Å². The smallest absolute Gasteiger partial charge is 0.303 e. The lowest BCUT2D eigenvalue weighted by molar-refractivity contribution is -0.138. The second kappa shape index (κ2) is 7.00. The molecule has 0 aliphatic carbocycles. The Kier molecular flexibility index (Phi) is 5.30. The van der Waals surface area contributed by atoms with Crippen LogP contribution in [0, 0.1) is 5.92 Å². The fourth-order valence-corrected chi connectivity index (χ4v) is 4.22. The van der Waals surface area contributed by atoms with Crippen molar-refractivity contribution in [2.75, 3.05) is 18.8 Å². The lowest BCUT2D eigenvalue weighted by atomic mass is 9.96. The van der Waals surface area contributed by atoms with E-state index in [9.17, 15) is 13.2 Å². The lowest BCUT2D eigenvalue weighted by Crippen LogP contribution is -2.41. The summed E-state index contributed by atoms with van der Waals surface area (Å²) in [6.07, 6.45) is 5.29. The van der Waals surface area contributed by atoms with Crippen molar-refractivity contribution in [3.63, 3.8) is 0 Å². The third-order valence-corrected chi connectivity index (χ3v) is 5.57. The number of hydrogen-bond donors (Lipinski definition) is 1. The highest BCUT2D eigenvalue weighted by molar-refractivity contribution is 7.89. The first-order valence-electron chi connectivity index (χ1n) is 7.06. The number of aromatic nitrogens is 1. The van der Waals surface area contributed by atoms with Gasteiger partial charge in [-0.05, 0) is 42.9 Å². The van der Waals surface area contributed by atoms with Crippen LogP contribution in [0.5, 0.6) is 0 Å². The molecule has 7 heteroatoms. The van der Waals surface area contributed by atoms with Crippen LogP contribution < -0.4 is 0 Å². The molecular formula is C14H20N2O4S. The Hall–Kier alpha value is -1.47. The first-order valence-corrected chi connectivity index (χ1v) is 8.67. The van der Waals surface area contributed by atoms with Gasteiger partial charge in [0.25, 0.3) is 0 Å². The lowest BCUT2D eigenvalue weighted by Gasteiger charge is -2.31. The zero-order valence-corrected chi connectivity index (χ0v) is 12.6. The number of aryl methyl sites for hydroxylation is 1. The molecule has 21 heavy (non-hydrogen) atoms. The summed E-state index contributed by atoms with van der Waals surface area (Å²) in [6, 6.07) is 3.61. The molecule has 0 saturated carbocycles. The van der Waals surface area contributed by atoms with Gasteiger partial charge in [0.1, 0.15) is 0 Å². The molecule has 0 aromatic carbocycles. The fraction of sp³-hybridized carbons (Fsp3) is 0.571. The van der Waals surface area contributed by atoms with E-state index in [4.69, 9.17) is 5.11 Å². The molecule has 1 aliphatic heterocycles. The molecule has 1 fully saturated rings. The van der Waals surface area contributed by atoms with Crippen molar-refractivity contribution in [2.24, 2.45) is 5.92 Å². The quantitative estimate of drug-likeness (QED) is 0.851. The summed E-state index contributed by atoms with van der Waals surface area (Å²) in [5.41, 5.74) is 0.938. The molecule has 1 N–H and O–H groups in total. The summed E-state index contributed by atoms with van der Waals surface area (Å²) in [5.74, 6) is -0.889. The summed E-state index contributed by atoms with van der Waals surface area (Å²) < 4.78 is 26.2. The number of carboxylic acid groups (broad SMARTS) is 1. The number of pyridine rings is 1. The molecule has 1 unspecified atom stereocenters. The molecule has 2 heterocycles. The van der Waals surface area contributed by atoms with E-state index in [2.05, 4.69) is 4.98 Å². The number of nitrogens with zero attached hydrogens (tertiary/aromatic N) is 2. The van der Waals surface area contributed by atoms with Crippen molar-refractivity contribution in [1.29, 1.82) is 0 Å². The van der Waals surface area contributed by atoms with Gasteiger partial charge in [-0.3, -0.25) is 9.78 Å². The number of hydrogen-bond acceptors (Lipinski definition) is 4. The van der Waals surface area contributed by atoms with Crippen LogP contribution in [0.2, 0.25) is 0 Å². The van der Waals surface area contributed by atoms with E-state index >= 15 is 0 Å². The predicted molar refractivity (Wildman–Crippen MR) is 78.3 cm³/mol. The van der Waals surface area contributed by atoms with Crippen LogP contribution in [-0.4, -0.2) is 47.6 Å². The van der Waals surface area contributed by atoms with E-state index in [0.29, 0.717) is 19.5 Å². The highest BCUT2D eigenvalue weighted by atomic mass is 32.2.